The normalized spacial score (nSPS) is 13.7. The lowest BCUT2D eigenvalue weighted by Crippen LogP contribution is -2.12. The molecule has 0 aliphatic heterocycles. The van der Waals surface area contributed by atoms with Crippen molar-refractivity contribution in [2.24, 2.45) is 0 Å². The van der Waals surface area contributed by atoms with E-state index in [1.54, 1.807) is 0 Å². The van der Waals surface area contributed by atoms with E-state index in [0.29, 0.717) is 6.42 Å². The van der Waals surface area contributed by atoms with Crippen molar-refractivity contribution < 1.29 is 20.1 Å². The van der Waals surface area contributed by atoms with Crippen LogP contribution >= 0.6 is 0 Å². The number of carbonyl (C=O) groups is 1. The van der Waals surface area contributed by atoms with E-state index < -0.39 is 12.1 Å². The van der Waals surface area contributed by atoms with Crippen LogP contribution < -0.4 is 0 Å². The number of carboxylic acids is 1. The van der Waals surface area contributed by atoms with E-state index in [4.69, 9.17) is 5.11 Å². The van der Waals surface area contributed by atoms with Gasteiger partial charge in [-0.3, -0.25) is 4.79 Å². The fraction of sp³-hybridized carbons (Fsp3) is 0.952. The molecule has 25 heavy (non-hydrogen) atoms. The zero-order valence-corrected chi connectivity index (χ0v) is 16.4. The summed E-state index contributed by atoms with van der Waals surface area (Å²) >= 11 is 0. The Morgan fingerprint density at radius 2 is 0.960 bits per heavy atom. The van der Waals surface area contributed by atoms with Crippen LogP contribution in [-0.4, -0.2) is 33.5 Å². The predicted octanol–water partition coefficient (Wildman–Crippen LogP) is 5.44. The number of rotatable bonds is 19. The van der Waals surface area contributed by atoms with Gasteiger partial charge in [-0.2, -0.15) is 0 Å². The second kappa shape index (κ2) is 18.2. The van der Waals surface area contributed by atoms with Gasteiger partial charge in [0.2, 0.25) is 0 Å². The van der Waals surface area contributed by atoms with Crippen molar-refractivity contribution in [3.05, 3.63) is 0 Å². The van der Waals surface area contributed by atoms with E-state index in [-0.39, 0.29) is 12.5 Å². The molecule has 0 aliphatic rings. The first kappa shape index (κ1) is 24.4. The summed E-state index contributed by atoms with van der Waals surface area (Å²) in [5.41, 5.74) is 0. The Morgan fingerprint density at radius 1 is 0.640 bits per heavy atom. The topological polar surface area (TPSA) is 77.8 Å². The SMILES string of the molecule is C[C@@H](O)CCCCCCCCCCCCCCCC[C@@H](O)CC(=O)O. The summed E-state index contributed by atoms with van der Waals surface area (Å²) in [4.78, 5) is 10.4. The molecule has 2 atom stereocenters. The van der Waals surface area contributed by atoms with Crippen LogP contribution in [-0.2, 0) is 4.79 Å². The molecule has 150 valence electrons. The predicted molar refractivity (Wildman–Crippen MR) is 104 cm³/mol. The largest absolute Gasteiger partial charge is 0.481 e. The summed E-state index contributed by atoms with van der Waals surface area (Å²) < 4.78 is 0. The Morgan fingerprint density at radius 3 is 1.28 bits per heavy atom. The Balaban J connectivity index is 3.08. The van der Waals surface area contributed by atoms with Gasteiger partial charge in [0.25, 0.3) is 0 Å². The number of carboxylic acid groups (broad SMARTS) is 1. The summed E-state index contributed by atoms with van der Waals surface area (Å²) in [6, 6.07) is 0. The molecule has 0 aromatic rings. The number of unbranched alkanes of at least 4 members (excludes halogenated alkanes) is 13. The highest BCUT2D eigenvalue weighted by molar-refractivity contribution is 5.67. The van der Waals surface area contributed by atoms with Crippen LogP contribution in [0.15, 0.2) is 0 Å². The third-order valence-electron chi connectivity index (χ3n) is 4.82. The van der Waals surface area contributed by atoms with Crippen molar-refractivity contribution in [3.8, 4) is 0 Å². The maximum atomic E-state index is 10.4. The van der Waals surface area contributed by atoms with Gasteiger partial charge in [-0.05, 0) is 19.8 Å². The van der Waals surface area contributed by atoms with Crippen LogP contribution in [0.3, 0.4) is 0 Å². The molecule has 0 unspecified atom stereocenters. The molecule has 3 N–H and O–H groups in total. The van der Waals surface area contributed by atoms with E-state index in [1.807, 2.05) is 6.92 Å². The summed E-state index contributed by atoms with van der Waals surface area (Å²) in [7, 11) is 0. The fourth-order valence-electron chi connectivity index (χ4n) is 3.24. The second-order valence-corrected chi connectivity index (χ2v) is 7.63. The maximum absolute atomic E-state index is 10.4. The molecule has 0 radical (unpaired) electrons. The summed E-state index contributed by atoms with van der Waals surface area (Å²) in [5, 5.41) is 27.2. The van der Waals surface area contributed by atoms with Crippen LogP contribution in [0.25, 0.3) is 0 Å². The van der Waals surface area contributed by atoms with Gasteiger partial charge >= 0.3 is 5.97 Å². The van der Waals surface area contributed by atoms with Crippen LogP contribution in [0.1, 0.15) is 116 Å². The van der Waals surface area contributed by atoms with Crippen LogP contribution in [0.5, 0.6) is 0 Å². The Bertz CT molecular complexity index is 292. The standard InChI is InChI=1S/C21H42O4/c1-19(22)16-14-12-10-8-6-4-2-3-5-7-9-11-13-15-17-20(23)18-21(24)25/h19-20,22-23H,2-18H2,1H3,(H,24,25)/t19-,20-/m1/s1. The van der Waals surface area contributed by atoms with Crippen molar-refractivity contribution in [3.63, 3.8) is 0 Å². The molecule has 0 saturated carbocycles. The highest BCUT2D eigenvalue weighted by Crippen LogP contribution is 2.14. The lowest BCUT2D eigenvalue weighted by atomic mass is 10.0. The minimum Gasteiger partial charge on any atom is -0.481 e. The van der Waals surface area contributed by atoms with E-state index in [0.717, 1.165) is 25.7 Å². The number of hydrogen-bond donors (Lipinski definition) is 3. The lowest BCUT2D eigenvalue weighted by Gasteiger charge is -2.07. The third-order valence-corrected chi connectivity index (χ3v) is 4.82. The zero-order chi connectivity index (χ0) is 18.8. The monoisotopic (exact) mass is 358 g/mol. The molecule has 0 aliphatic carbocycles. The van der Waals surface area contributed by atoms with Gasteiger partial charge in [0.05, 0.1) is 18.6 Å². The molecule has 0 fully saturated rings. The van der Waals surface area contributed by atoms with Crippen molar-refractivity contribution in [2.75, 3.05) is 0 Å². The third kappa shape index (κ3) is 21.3. The molecule has 0 spiro atoms. The van der Waals surface area contributed by atoms with Crippen LogP contribution in [0, 0.1) is 0 Å². The molecule has 0 bridgehead atoms. The van der Waals surface area contributed by atoms with Gasteiger partial charge in [0.1, 0.15) is 0 Å². The highest BCUT2D eigenvalue weighted by atomic mass is 16.4. The molecular weight excluding hydrogens is 316 g/mol. The summed E-state index contributed by atoms with van der Waals surface area (Å²) in [6.07, 6.45) is 18.3. The lowest BCUT2D eigenvalue weighted by molar-refractivity contribution is -0.139. The van der Waals surface area contributed by atoms with Gasteiger partial charge in [-0.15, -0.1) is 0 Å². The Labute approximate surface area is 155 Å². The molecule has 0 aromatic heterocycles. The van der Waals surface area contributed by atoms with Crippen molar-refractivity contribution in [1.82, 2.24) is 0 Å². The molecule has 0 aromatic carbocycles. The number of aliphatic carboxylic acids is 1. The summed E-state index contributed by atoms with van der Waals surface area (Å²) in [6.45, 7) is 1.87. The summed E-state index contributed by atoms with van der Waals surface area (Å²) in [5.74, 6) is -0.913. The van der Waals surface area contributed by atoms with Gasteiger partial charge in [-0.1, -0.05) is 89.9 Å². The first-order chi connectivity index (χ1) is 12.0. The van der Waals surface area contributed by atoms with Crippen molar-refractivity contribution in [2.45, 2.75) is 128 Å². The van der Waals surface area contributed by atoms with Gasteiger partial charge in [0, 0.05) is 0 Å². The fourth-order valence-corrected chi connectivity index (χ4v) is 3.24. The van der Waals surface area contributed by atoms with Crippen molar-refractivity contribution in [1.29, 1.82) is 0 Å². The molecule has 0 amide bonds. The van der Waals surface area contributed by atoms with E-state index in [1.165, 1.54) is 70.6 Å². The zero-order valence-electron chi connectivity index (χ0n) is 16.4. The Hall–Kier alpha value is -0.610. The maximum Gasteiger partial charge on any atom is 0.305 e. The van der Waals surface area contributed by atoms with Gasteiger partial charge < -0.3 is 15.3 Å². The van der Waals surface area contributed by atoms with Gasteiger partial charge in [-0.25, -0.2) is 0 Å². The second-order valence-electron chi connectivity index (χ2n) is 7.63. The molecular formula is C21H42O4. The first-order valence-electron chi connectivity index (χ1n) is 10.6. The smallest absolute Gasteiger partial charge is 0.305 e. The molecule has 0 saturated heterocycles. The minimum absolute atomic E-state index is 0.123. The molecule has 4 heteroatoms. The van der Waals surface area contributed by atoms with E-state index in [2.05, 4.69) is 0 Å². The molecule has 0 rings (SSSR count). The van der Waals surface area contributed by atoms with Crippen molar-refractivity contribution >= 4 is 5.97 Å². The van der Waals surface area contributed by atoms with E-state index in [9.17, 15) is 15.0 Å². The number of hydrogen-bond acceptors (Lipinski definition) is 3. The average molecular weight is 359 g/mol. The number of aliphatic hydroxyl groups excluding tert-OH is 2. The number of aliphatic hydroxyl groups is 2. The van der Waals surface area contributed by atoms with Crippen LogP contribution in [0.2, 0.25) is 0 Å². The molecule has 0 heterocycles. The van der Waals surface area contributed by atoms with E-state index >= 15 is 0 Å². The first-order valence-corrected chi connectivity index (χ1v) is 10.6. The molecule has 4 nitrogen and oxygen atoms in total. The minimum atomic E-state index is -0.913. The van der Waals surface area contributed by atoms with Crippen LogP contribution in [0.4, 0.5) is 0 Å². The highest BCUT2D eigenvalue weighted by Gasteiger charge is 2.08. The van der Waals surface area contributed by atoms with Gasteiger partial charge in [0.15, 0.2) is 0 Å². The Kier molecular flexibility index (Phi) is 17.7. The quantitative estimate of drug-likeness (QED) is 0.268. The average Bonchev–Trinajstić information content (AvgIpc) is 2.53.